The van der Waals surface area contributed by atoms with Crippen molar-refractivity contribution in [1.29, 1.82) is 0 Å². The van der Waals surface area contributed by atoms with Crippen LogP contribution >= 0.6 is 0 Å². The topological polar surface area (TPSA) is 91.7 Å². The monoisotopic (exact) mass is 375 g/mol. The van der Waals surface area contributed by atoms with E-state index >= 15 is 0 Å². The van der Waals surface area contributed by atoms with Gasteiger partial charge in [0.2, 0.25) is 11.8 Å². The Kier molecular flexibility index (Phi) is 6.90. The van der Waals surface area contributed by atoms with Gasteiger partial charge in [0.25, 0.3) is 5.91 Å². The maximum atomic E-state index is 12.3. The minimum atomic E-state index is -0.308. The predicted octanol–water partition coefficient (Wildman–Crippen LogP) is 2.09. The molecular formula is C20H29N3O4. The molecule has 1 aliphatic carbocycles. The Hall–Kier alpha value is -2.31. The second-order valence-electron chi connectivity index (χ2n) is 7.48. The smallest absolute Gasteiger partial charge is 0.286 e. The normalized spacial score (nSPS) is 18.9. The molecule has 2 heterocycles. The highest BCUT2D eigenvalue weighted by molar-refractivity contribution is 5.91. The van der Waals surface area contributed by atoms with E-state index in [9.17, 15) is 14.4 Å². The van der Waals surface area contributed by atoms with Crippen molar-refractivity contribution in [3.05, 3.63) is 24.2 Å². The first-order valence-electron chi connectivity index (χ1n) is 10.0. The molecule has 7 heteroatoms. The van der Waals surface area contributed by atoms with Crippen molar-refractivity contribution < 1.29 is 18.8 Å². The van der Waals surface area contributed by atoms with E-state index in [4.69, 9.17) is 4.42 Å². The van der Waals surface area contributed by atoms with Crippen LogP contribution in [0, 0.1) is 5.92 Å². The summed E-state index contributed by atoms with van der Waals surface area (Å²) in [6.07, 6.45) is 8.86. The Balaban J connectivity index is 1.32. The van der Waals surface area contributed by atoms with Crippen molar-refractivity contribution in [2.45, 2.75) is 57.4 Å². The van der Waals surface area contributed by atoms with Crippen molar-refractivity contribution in [1.82, 2.24) is 15.5 Å². The van der Waals surface area contributed by atoms with Gasteiger partial charge < -0.3 is 20.0 Å². The van der Waals surface area contributed by atoms with Gasteiger partial charge in [-0.05, 0) is 37.8 Å². The van der Waals surface area contributed by atoms with Crippen LogP contribution < -0.4 is 10.6 Å². The van der Waals surface area contributed by atoms with E-state index in [1.165, 1.54) is 12.7 Å². The maximum absolute atomic E-state index is 12.3. The molecule has 2 aliphatic rings. The number of amides is 3. The lowest BCUT2D eigenvalue weighted by Crippen LogP contribution is -2.48. The molecule has 0 radical (unpaired) electrons. The summed E-state index contributed by atoms with van der Waals surface area (Å²) in [7, 11) is 0. The quantitative estimate of drug-likeness (QED) is 0.796. The summed E-state index contributed by atoms with van der Waals surface area (Å²) < 4.78 is 5.01. The molecule has 2 fully saturated rings. The van der Waals surface area contributed by atoms with Crippen LogP contribution in [-0.4, -0.2) is 48.3 Å². The van der Waals surface area contributed by atoms with Crippen LogP contribution in [0.4, 0.5) is 0 Å². The van der Waals surface area contributed by atoms with Gasteiger partial charge in [-0.3, -0.25) is 14.4 Å². The summed E-state index contributed by atoms with van der Waals surface area (Å²) in [4.78, 5) is 38.2. The van der Waals surface area contributed by atoms with Crippen LogP contribution in [0.25, 0.3) is 0 Å². The molecule has 2 N–H and O–H groups in total. The number of nitrogens with one attached hydrogen (secondary N) is 2. The van der Waals surface area contributed by atoms with Gasteiger partial charge >= 0.3 is 0 Å². The molecule has 148 valence electrons. The second-order valence-corrected chi connectivity index (χ2v) is 7.48. The average Bonchev–Trinajstić information content (AvgIpc) is 3.24. The van der Waals surface area contributed by atoms with Crippen LogP contribution in [0.5, 0.6) is 0 Å². The number of likely N-dealkylation sites (tertiary alicyclic amines) is 1. The second kappa shape index (κ2) is 9.58. The molecule has 0 atom stereocenters. The molecule has 1 saturated heterocycles. The molecule has 0 aromatic carbocycles. The Bertz CT molecular complexity index is 630. The number of carbonyl (C=O) groups is 3. The lowest BCUT2D eigenvalue weighted by Gasteiger charge is -2.33. The van der Waals surface area contributed by atoms with E-state index < -0.39 is 0 Å². The van der Waals surface area contributed by atoms with E-state index in [1.807, 2.05) is 4.90 Å². The SMILES string of the molecule is O=C(NCCC(=O)N1CCC(NC(=O)C2CCCCC2)CC1)c1ccco1. The van der Waals surface area contributed by atoms with Gasteiger partial charge in [-0.1, -0.05) is 19.3 Å². The number of rotatable bonds is 6. The average molecular weight is 375 g/mol. The highest BCUT2D eigenvalue weighted by Crippen LogP contribution is 2.24. The first kappa shape index (κ1) is 19.5. The molecule has 0 bridgehead atoms. The number of piperidine rings is 1. The lowest BCUT2D eigenvalue weighted by atomic mass is 9.88. The largest absolute Gasteiger partial charge is 0.459 e. The molecule has 3 rings (SSSR count). The summed E-state index contributed by atoms with van der Waals surface area (Å²) in [5, 5.41) is 5.87. The van der Waals surface area contributed by atoms with Crippen LogP contribution in [0.3, 0.4) is 0 Å². The van der Waals surface area contributed by atoms with Gasteiger partial charge in [0, 0.05) is 38.0 Å². The fraction of sp³-hybridized carbons (Fsp3) is 0.650. The highest BCUT2D eigenvalue weighted by atomic mass is 16.3. The zero-order valence-corrected chi connectivity index (χ0v) is 15.7. The molecule has 27 heavy (non-hydrogen) atoms. The third kappa shape index (κ3) is 5.58. The van der Waals surface area contributed by atoms with Gasteiger partial charge in [0.05, 0.1) is 6.26 Å². The van der Waals surface area contributed by atoms with Crippen molar-refractivity contribution in [3.8, 4) is 0 Å². The van der Waals surface area contributed by atoms with Gasteiger partial charge in [-0.25, -0.2) is 0 Å². The lowest BCUT2D eigenvalue weighted by molar-refractivity contribution is -0.132. The summed E-state index contributed by atoms with van der Waals surface area (Å²) in [6.45, 7) is 1.60. The first-order valence-corrected chi connectivity index (χ1v) is 10.0. The first-order chi connectivity index (χ1) is 13.1. The third-order valence-corrected chi connectivity index (χ3v) is 5.54. The number of nitrogens with zero attached hydrogens (tertiary/aromatic N) is 1. The molecule has 0 unspecified atom stereocenters. The Morgan fingerprint density at radius 2 is 1.81 bits per heavy atom. The predicted molar refractivity (Wildman–Crippen MR) is 100.0 cm³/mol. The summed E-state index contributed by atoms with van der Waals surface area (Å²) >= 11 is 0. The number of furan rings is 1. The van der Waals surface area contributed by atoms with Gasteiger partial charge in [-0.2, -0.15) is 0 Å². The highest BCUT2D eigenvalue weighted by Gasteiger charge is 2.27. The zero-order valence-electron chi connectivity index (χ0n) is 15.7. The van der Waals surface area contributed by atoms with Crippen LogP contribution in [0.2, 0.25) is 0 Å². The molecule has 1 aliphatic heterocycles. The minimum Gasteiger partial charge on any atom is -0.459 e. The summed E-state index contributed by atoms with van der Waals surface area (Å²) in [6, 6.07) is 3.41. The maximum Gasteiger partial charge on any atom is 0.286 e. The number of hydrogen-bond donors (Lipinski definition) is 2. The van der Waals surface area contributed by atoms with E-state index in [1.54, 1.807) is 12.1 Å². The molecule has 1 aromatic heterocycles. The van der Waals surface area contributed by atoms with Crippen LogP contribution in [0.1, 0.15) is 61.9 Å². The Morgan fingerprint density at radius 3 is 2.48 bits per heavy atom. The fourth-order valence-corrected chi connectivity index (χ4v) is 3.89. The summed E-state index contributed by atoms with van der Waals surface area (Å²) in [5.74, 6) is 0.344. The molecule has 7 nitrogen and oxygen atoms in total. The standard InChI is InChI=1S/C20H29N3O4/c24-18(8-11-21-20(26)17-7-4-14-27-17)23-12-9-16(10-13-23)22-19(25)15-5-2-1-3-6-15/h4,7,14-16H,1-3,5-6,8-13H2,(H,21,26)(H,22,25). The van der Waals surface area contributed by atoms with Crippen molar-refractivity contribution in [3.63, 3.8) is 0 Å². The van der Waals surface area contributed by atoms with E-state index in [2.05, 4.69) is 10.6 Å². The molecule has 1 saturated carbocycles. The Morgan fingerprint density at radius 1 is 1.07 bits per heavy atom. The third-order valence-electron chi connectivity index (χ3n) is 5.54. The Labute approximate surface area is 159 Å². The fourth-order valence-electron chi connectivity index (χ4n) is 3.89. The van der Waals surface area contributed by atoms with E-state index in [0.29, 0.717) is 13.1 Å². The number of carbonyl (C=O) groups excluding carboxylic acids is 3. The van der Waals surface area contributed by atoms with Crippen LogP contribution in [0.15, 0.2) is 22.8 Å². The van der Waals surface area contributed by atoms with Gasteiger partial charge in [-0.15, -0.1) is 0 Å². The van der Waals surface area contributed by atoms with Gasteiger partial charge in [0.15, 0.2) is 5.76 Å². The summed E-state index contributed by atoms with van der Waals surface area (Å²) in [5.41, 5.74) is 0. The van der Waals surface area contributed by atoms with Crippen LogP contribution in [-0.2, 0) is 9.59 Å². The van der Waals surface area contributed by atoms with Gasteiger partial charge in [0.1, 0.15) is 0 Å². The number of hydrogen-bond acceptors (Lipinski definition) is 4. The molecule has 0 spiro atoms. The molecule has 1 aromatic rings. The molecule has 3 amide bonds. The van der Waals surface area contributed by atoms with E-state index in [-0.39, 0.29) is 48.4 Å². The zero-order chi connectivity index (χ0) is 19.1. The van der Waals surface area contributed by atoms with E-state index in [0.717, 1.165) is 38.5 Å². The van der Waals surface area contributed by atoms with Crippen molar-refractivity contribution >= 4 is 17.7 Å². The van der Waals surface area contributed by atoms with Crippen molar-refractivity contribution in [2.24, 2.45) is 5.92 Å². The van der Waals surface area contributed by atoms with Crippen molar-refractivity contribution in [2.75, 3.05) is 19.6 Å². The minimum absolute atomic E-state index is 0.0341. The molecular weight excluding hydrogens is 346 g/mol.